The van der Waals surface area contributed by atoms with Gasteiger partial charge >= 0.3 is 5.97 Å². The van der Waals surface area contributed by atoms with Crippen molar-refractivity contribution in [2.24, 2.45) is 5.11 Å². The first-order chi connectivity index (χ1) is 50.8. The molecule has 3 heterocycles. The Labute approximate surface area is 621 Å². The van der Waals surface area contributed by atoms with E-state index in [-0.39, 0.29) is 91.2 Å². The summed E-state index contributed by atoms with van der Waals surface area (Å²) in [6, 6.07) is 65.1. The number of azide groups is 1. The highest BCUT2D eigenvalue weighted by Crippen LogP contribution is 2.40. The number of ketones is 1. The summed E-state index contributed by atoms with van der Waals surface area (Å²) in [5, 5.41) is 18.2. The number of carbonyl (C=O) groups excluding carboxylic acids is 3. The van der Waals surface area contributed by atoms with Crippen molar-refractivity contribution in [3.05, 3.63) is 262 Å². The molecule has 3 saturated heterocycles. The largest absolute Gasteiger partial charge is 0.454 e. The van der Waals surface area contributed by atoms with E-state index >= 15 is 0 Å². The van der Waals surface area contributed by atoms with E-state index in [4.69, 9.17) is 107 Å². The molecule has 15 atom stereocenters. The summed E-state index contributed by atoms with van der Waals surface area (Å²) in [6.45, 7) is 0.990. The molecule has 7 aromatic carbocycles. The van der Waals surface area contributed by atoms with Gasteiger partial charge in [0.1, 0.15) is 72.9 Å². The Kier molecular flexibility index (Phi) is 32.2. The van der Waals surface area contributed by atoms with Crippen molar-refractivity contribution in [1.82, 2.24) is 5.32 Å². The van der Waals surface area contributed by atoms with Gasteiger partial charge in [0.05, 0.1) is 72.5 Å². The number of rotatable bonds is 40. The third-order valence-electron chi connectivity index (χ3n) is 17.6. The molecule has 25 heteroatoms. The second kappa shape index (κ2) is 42.2. The van der Waals surface area contributed by atoms with Crippen LogP contribution >= 0.6 is 34.8 Å². The number of hydrogen-bond acceptors (Lipinski definition) is 19. The maximum Gasteiger partial charge on any atom is 0.306 e. The zero-order chi connectivity index (χ0) is 72.7. The lowest BCUT2D eigenvalue weighted by atomic mass is 9.93. The summed E-state index contributed by atoms with van der Waals surface area (Å²) in [4.78, 5) is 44.1. The Morgan fingerprint density at radius 3 is 1.28 bits per heavy atom. The molecular formula is C79H89Cl3N4O18. The van der Waals surface area contributed by atoms with Crippen LogP contribution in [0.15, 0.2) is 217 Å². The molecule has 0 unspecified atom stereocenters. The van der Waals surface area contributed by atoms with Crippen LogP contribution in [0.2, 0.25) is 0 Å². The smallest absolute Gasteiger partial charge is 0.306 e. The minimum Gasteiger partial charge on any atom is -0.454 e. The first-order valence-corrected chi connectivity index (χ1v) is 36.0. The number of nitrogens with one attached hydrogen (secondary N) is 1. The number of ether oxygens (including phenoxy) is 14. The fourth-order valence-corrected chi connectivity index (χ4v) is 12.5. The average molecular weight is 1490 g/mol. The van der Waals surface area contributed by atoms with Gasteiger partial charge < -0.3 is 81.5 Å². The Bertz CT molecular complexity index is 3680. The van der Waals surface area contributed by atoms with E-state index in [0.717, 1.165) is 27.8 Å². The Morgan fingerprint density at radius 2 is 0.837 bits per heavy atom. The van der Waals surface area contributed by atoms with Crippen molar-refractivity contribution in [3.8, 4) is 0 Å². The SMILES string of the molecule is CC(=O)CCC(=O)O[C@@H]1[C@@H](OCCCCCN=[N+]=[N-])O[C@H](CO)[C@H](O[C@@H]2O[C@H](COCc3ccccc3)[C@H](O[C@H]3O[C@H](COCc4ccccc4)[C@@H](OCc4ccccc4)[C@H](OCc4ccccc4)[C@H]3OCc3ccccc3)[C@H](OCc3ccccc3)[C@H]2NC(=O)C(Cl)(Cl)Cl)[C@@H]1OCc1ccccc1. The van der Waals surface area contributed by atoms with Gasteiger partial charge in [-0.15, -0.1) is 0 Å². The zero-order valence-electron chi connectivity index (χ0n) is 57.8. The minimum atomic E-state index is -2.62. The third-order valence-corrected chi connectivity index (χ3v) is 18.1. The number of hydrogen-bond donors (Lipinski definition) is 2. The van der Waals surface area contributed by atoms with Gasteiger partial charge in [0.15, 0.2) is 25.0 Å². The number of halogens is 3. The number of aliphatic hydroxyl groups excluding tert-OH is 1. The molecule has 104 heavy (non-hydrogen) atoms. The Balaban J connectivity index is 1.10. The molecule has 0 spiro atoms. The van der Waals surface area contributed by atoms with Gasteiger partial charge in [0, 0.05) is 24.5 Å². The molecule has 7 aromatic rings. The number of amides is 1. The maximum atomic E-state index is 14.8. The van der Waals surface area contributed by atoms with Crippen LogP contribution in [0.3, 0.4) is 0 Å². The van der Waals surface area contributed by atoms with E-state index < -0.39 is 114 Å². The van der Waals surface area contributed by atoms with Crippen molar-refractivity contribution >= 4 is 52.5 Å². The maximum absolute atomic E-state index is 14.8. The van der Waals surface area contributed by atoms with Crippen molar-refractivity contribution in [2.45, 2.75) is 181 Å². The number of alkyl halides is 3. The van der Waals surface area contributed by atoms with Gasteiger partial charge in [0.25, 0.3) is 9.70 Å². The first-order valence-electron chi connectivity index (χ1n) is 34.9. The van der Waals surface area contributed by atoms with Crippen LogP contribution in [-0.2, 0) is 127 Å². The van der Waals surface area contributed by atoms with Gasteiger partial charge in [-0.2, -0.15) is 0 Å². The second-order valence-corrected chi connectivity index (χ2v) is 27.6. The van der Waals surface area contributed by atoms with Gasteiger partial charge in [-0.3, -0.25) is 9.59 Å². The number of nitrogens with zero attached hydrogens (tertiary/aromatic N) is 3. The number of Topliss-reactive ketones (excluding diaryl/α,β-unsaturated/α-hetero) is 1. The number of benzene rings is 7. The van der Waals surface area contributed by atoms with Crippen LogP contribution in [0.4, 0.5) is 0 Å². The molecule has 0 bridgehead atoms. The lowest BCUT2D eigenvalue weighted by molar-refractivity contribution is -0.379. The molecule has 0 radical (unpaired) electrons. The molecule has 10 rings (SSSR count). The van der Waals surface area contributed by atoms with E-state index in [1.54, 1.807) is 0 Å². The highest BCUT2D eigenvalue weighted by Gasteiger charge is 2.58. The molecule has 3 aliphatic rings. The van der Waals surface area contributed by atoms with E-state index in [1.807, 2.05) is 212 Å². The summed E-state index contributed by atoms with van der Waals surface area (Å²) >= 11 is 19.7. The standard InChI is InChI=1S/C79H89Cl3N4O18/c1-54(88)40-41-65(89)102-74-72(97-50-60-36-20-7-21-37-60)68(62(44-87)99-76(74)93-43-25-9-24-42-84-86-83)103-75-66(85-78(90)79(80,81)82)70(95-48-58-32-16-5-17-33-58)69(64(100-75)53-92-46-56-28-12-3-13-29-56)104-77-73(98-51-61-38-22-8-23-39-61)71(96-49-59-34-18-6-19-35-59)67(94-47-57-30-14-4-15-31-57)63(101-77)52-91-45-55-26-10-2-11-27-55/h2-8,10-23,26-39,62-64,66-77,87H,9,24-25,40-53H2,1H3,(H,85,90)/t62-,63-,64-,66-,67-,68+,69+,70-,71+,72+,73-,74+,75+,76+,77-/m1/s1. The lowest BCUT2D eigenvalue weighted by Crippen LogP contribution is -2.71. The quantitative estimate of drug-likeness (QED) is 0.00903. The topological polar surface area (TPSA) is 261 Å². The molecule has 3 aliphatic heterocycles. The van der Waals surface area contributed by atoms with E-state index in [9.17, 15) is 19.5 Å². The van der Waals surface area contributed by atoms with E-state index in [1.165, 1.54) is 6.92 Å². The van der Waals surface area contributed by atoms with Crippen LogP contribution in [0.25, 0.3) is 10.4 Å². The summed E-state index contributed by atoms with van der Waals surface area (Å²) in [5.41, 5.74) is 14.6. The molecule has 0 saturated carbocycles. The van der Waals surface area contributed by atoms with Gasteiger partial charge in [-0.25, -0.2) is 0 Å². The minimum absolute atomic E-state index is 0.0395. The fraction of sp³-hybridized carbons (Fsp3) is 0.430. The summed E-state index contributed by atoms with van der Waals surface area (Å²) in [7, 11) is 0. The molecule has 1 amide bonds. The van der Waals surface area contributed by atoms with Gasteiger partial charge in [-0.1, -0.05) is 259 Å². The Hall–Kier alpha value is -7.23. The molecule has 0 aliphatic carbocycles. The normalized spacial score (nSPS) is 24.8. The van der Waals surface area contributed by atoms with Crippen molar-refractivity contribution < 1.29 is 85.8 Å². The number of esters is 1. The highest BCUT2D eigenvalue weighted by molar-refractivity contribution is 6.76. The van der Waals surface area contributed by atoms with Crippen LogP contribution in [-0.4, -0.2) is 152 Å². The van der Waals surface area contributed by atoms with Gasteiger partial charge in [-0.05, 0) is 64.2 Å². The number of carbonyl (C=O) groups is 3. The summed E-state index contributed by atoms with van der Waals surface area (Å²) in [6.07, 6.45) is -17.1. The first kappa shape index (κ1) is 79.3. The summed E-state index contributed by atoms with van der Waals surface area (Å²) < 4.78 is 95.0. The van der Waals surface area contributed by atoms with Crippen LogP contribution in [0.1, 0.15) is 78.0 Å². The average Bonchev–Trinajstić information content (AvgIpc) is 0.760. The highest BCUT2D eigenvalue weighted by atomic mass is 35.6. The molecule has 554 valence electrons. The Morgan fingerprint density at radius 1 is 0.452 bits per heavy atom. The van der Waals surface area contributed by atoms with Crippen LogP contribution in [0, 0.1) is 0 Å². The van der Waals surface area contributed by atoms with Crippen molar-refractivity contribution in [3.63, 3.8) is 0 Å². The lowest BCUT2D eigenvalue weighted by Gasteiger charge is -2.52. The predicted octanol–water partition coefficient (Wildman–Crippen LogP) is 12.9. The van der Waals surface area contributed by atoms with Crippen molar-refractivity contribution in [2.75, 3.05) is 33.0 Å². The predicted molar refractivity (Wildman–Crippen MR) is 386 cm³/mol. The van der Waals surface area contributed by atoms with Crippen LogP contribution < -0.4 is 5.32 Å². The fourth-order valence-electron chi connectivity index (χ4n) is 12.3. The molecular weight excluding hydrogens is 1400 g/mol. The van der Waals surface area contributed by atoms with Crippen molar-refractivity contribution in [1.29, 1.82) is 0 Å². The van der Waals surface area contributed by atoms with Crippen LogP contribution in [0.5, 0.6) is 0 Å². The number of aliphatic hydroxyl groups is 1. The zero-order valence-corrected chi connectivity index (χ0v) is 60.0. The molecule has 0 aromatic heterocycles. The van der Waals surface area contributed by atoms with E-state index in [0.29, 0.717) is 30.4 Å². The monoisotopic (exact) mass is 1490 g/mol. The van der Waals surface area contributed by atoms with Gasteiger partial charge in [0.2, 0.25) is 0 Å². The van der Waals surface area contributed by atoms with E-state index in [2.05, 4.69) is 15.3 Å². The summed E-state index contributed by atoms with van der Waals surface area (Å²) in [5.74, 6) is -2.18. The molecule has 22 nitrogen and oxygen atoms in total. The number of unbranched alkanes of at least 4 members (excludes halogenated alkanes) is 2. The molecule has 2 N–H and O–H groups in total. The molecule has 3 fully saturated rings. The third kappa shape index (κ3) is 24.7. The second-order valence-electron chi connectivity index (χ2n) is 25.4.